The Balaban J connectivity index is 1.46. The van der Waals surface area contributed by atoms with Crippen LogP contribution in [0.25, 0.3) is 0 Å². The van der Waals surface area contributed by atoms with Crippen molar-refractivity contribution in [1.82, 2.24) is 9.21 Å². The normalized spacial score (nSPS) is 19.6. The highest BCUT2D eigenvalue weighted by atomic mass is 35.5. The topological polar surface area (TPSA) is 76.2 Å². The van der Waals surface area contributed by atoms with Gasteiger partial charge in [-0.1, -0.05) is 23.7 Å². The zero-order valence-electron chi connectivity index (χ0n) is 16.5. The fourth-order valence-electron chi connectivity index (χ4n) is 3.58. The molecule has 0 aromatic heterocycles. The Bertz CT molecular complexity index is 1130. The number of benzene rings is 2. The summed E-state index contributed by atoms with van der Waals surface area (Å²) in [7, 11) is -4.45. The van der Waals surface area contributed by atoms with E-state index < -0.39 is 32.8 Å². The highest BCUT2D eigenvalue weighted by Gasteiger charge is 2.41. The van der Waals surface area contributed by atoms with Crippen LogP contribution in [0, 0.1) is 0 Å². The Morgan fingerprint density at radius 2 is 1.69 bits per heavy atom. The third-order valence-corrected chi connectivity index (χ3v) is 7.39. The molecular weight excluding hydrogens is 473 g/mol. The molecule has 1 fully saturated rings. The van der Waals surface area contributed by atoms with Gasteiger partial charge in [-0.3, -0.25) is 4.79 Å². The van der Waals surface area contributed by atoms with Gasteiger partial charge in [0.25, 0.3) is 5.91 Å². The number of carbonyl (C=O) groups is 1. The summed E-state index contributed by atoms with van der Waals surface area (Å²) in [5, 5.41) is -0.219. The van der Waals surface area contributed by atoms with Crippen molar-refractivity contribution in [1.29, 1.82) is 0 Å². The van der Waals surface area contributed by atoms with E-state index in [0.717, 1.165) is 16.4 Å². The molecule has 0 aliphatic carbocycles. The average molecular weight is 491 g/mol. The number of ether oxygens (including phenoxy) is 2. The van der Waals surface area contributed by atoms with Gasteiger partial charge >= 0.3 is 6.18 Å². The van der Waals surface area contributed by atoms with Crippen LogP contribution in [0.3, 0.4) is 0 Å². The second-order valence-electron chi connectivity index (χ2n) is 7.23. The van der Waals surface area contributed by atoms with Crippen LogP contribution in [0.4, 0.5) is 13.2 Å². The Morgan fingerprint density at radius 1 is 1.03 bits per heavy atom. The highest BCUT2D eigenvalue weighted by Crippen LogP contribution is 2.37. The maximum absolute atomic E-state index is 13.4. The second kappa shape index (κ2) is 8.45. The average Bonchev–Trinajstić information content (AvgIpc) is 2.77. The monoisotopic (exact) mass is 490 g/mol. The molecule has 7 nitrogen and oxygen atoms in total. The second-order valence-corrected chi connectivity index (χ2v) is 9.57. The number of hydrogen-bond acceptors (Lipinski definition) is 5. The molecule has 0 bridgehead atoms. The number of hydrogen-bond donors (Lipinski definition) is 0. The summed E-state index contributed by atoms with van der Waals surface area (Å²) < 4.78 is 78.1. The molecule has 2 aliphatic rings. The number of alkyl halides is 3. The van der Waals surface area contributed by atoms with Crippen molar-refractivity contribution < 1.29 is 35.9 Å². The van der Waals surface area contributed by atoms with E-state index in [4.69, 9.17) is 21.1 Å². The molecule has 1 saturated heterocycles. The van der Waals surface area contributed by atoms with Gasteiger partial charge in [0.05, 0.1) is 10.5 Å². The van der Waals surface area contributed by atoms with E-state index in [1.54, 1.807) is 24.3 Å². The predicted octanol–water partition coefficient (Wildman–Crippen LogP) is 3.03. The van der Waals surface area contributed by atoms with E-state index in [1.807, 2.05) is 0 Å². The van der Waals surface area contributed by atoms with E-state index in [-0.39, 0.29) is 43.7 Å². The van der Waals surface area contributed by atoms with Crippen molar-refractivity contribution in [2.75, 3.05) is 32.8 Å². The molecule has 0 radical (unpaired) electrons. The number of rotatable bonds is 3. The van der Waals surface area contributed by atoms with Crippen molar-refractivity contribution >= 4 is 27.5 Å². The van der Waals surface area contributed by atoms with Gasteiger partial charge < -0.3 is 14.4 Å². The van der Waals surface area contributed by atoms with Gasteiger partial charge in [0, 0.05) is 31.2 Å². The minimum atomic E-state index is -4.89. The van der Waals surface area contributed by atoms with E-state index >= 15 is 0 Å². The Hall–Kier alpha value is -2.50. The molecule has 2 aromatic carbocycles. The van der Waals surface area contributed by atoms with Crippen LogP contribution in [0.2, 0.25) is 5.02 Å². The first-order valence-electron chi connectivity index (χ1n) is 9.61. The summed E-state index contributed by atoms with van der Waals surface area (Å²) in [6.07, 6.45) is -5.78. The smallest absolute Gasteiger partial charge is 0.417 e. The van der Waals surface area contributed by atoms with E-state index in [1.165, 1.54) is 4.90 Å². The Morgan fingerprint density at radius 3 is 2.34 bits per heavy atom. The maximum atomic E-state index is 13.4. The SMILES string of the molecule is O=C([C@H]1COc2ccccc2O1)N1CCN(S(=O)(=O)c2ccc(Cl)cc2C(F)(F)F)CC1. The molecule has 2 aliphatic heterocycles. The fourth-order valence-corrected chi connectivity index (χ4v) is 5.37. The summed E-state index contributed by atoms with van der Waals surface area (Å²) >= 11 is 5.64. The first kappa shape index (κ1) is 22.7. The zero-order chi connectivity index (χ0) is 23.1. The van der Waals surface area contributed by atoms with Crippen LogP contribution in [0.1, 0.15) is 5.56 Å². The zero-order valence-corrected chi connectivity index (χ0v) is 18.1. The van der Waals surface area contributed by atoms with Crippen LogP contribution >= 0.6 is 11.6 Å². The lowest BCUT2D eigenvalue weighted by atomic mass is 10.2. The lowest BCUT2D eigenvalue weighted by Crippen LogP contribution is -2.55. The van der Waals surface area contributed by atoms with Crippen molar-refractivity contribution in [3.05, 3.63) is 53.1 Å². The van der Waals surface area contributed by atoms with Crippen LogP contribution in [-0.4, -0.2) is 62.4 Å². The highest BCUT2D eigenvalue weighted by molar-refractivity contribution is 7.89. The van der Waals surface area contributed by atoms with Crippen LogP contribution in [0.15, 0.2) is 47.4 Å². The molecule has 172 valence electrons. The molecule has 12 heteroatoms. The number of nitrogens with zero attached hydrogens (tertiary/aromatic N) is 2. The van der Waals surface area contributed by atoms with Gasteiger partial charge in [-0.05, 0) is 30.3 Å². The van der Waals surface area contributed by atoms with Gasteiger partial charge in [-0.2, -0.15) is 17.5 Å². The van der Waals surface area contributed by atoms with Crippen LogP contribution in [0.5, 0.6) is 11.5 Å². The van der Waals surface area contributed by atoms with Gasteiger partial charge in [-0.25, -0.2) is 8.42 Å². The summed E-state index contributed by atoms with van der Waals surface area (Å²) in [6, 6.07) is 9.44. The standard InChI is InChI=1S/C20H18ClF3N2O5S/c21-13-5-6-18(14(11-13)20(22,23)24)32(28,29)26-9-7-25(8-10-26)19(27)17-12-30-15-3-1-2-4-16(15)31-17/h1-6,11,17H,7-10,12H2/t17-/m1/s1. The third-order valence-electron chi connectivity index (χ3n) is 5.20. The van der Waals surface area contributed by atoms with Gasteiger partial charge in [0.15, 0.2) is 11.5 Å². The largest absolute Gasteiger partial charge is 0.485 e. The number of amides is 1. The molecule has 4 rings (SSSR count). The number of halogens is 4. The van der Waals surface area contributed by atoms with Crippen molar-refractivity contribution in [3.8, 4) is 11.5 Å². The van der Waals surface area contributed by atoms with Crippen molar-refractivity contribution in [3.63, 3.8) is 0 Å². The Kier molecular flexibility index (Phi) is 5.99. The summed E-state index contributed by atoms with van der Waals surface area (Å²) in [5.74, 6) is 0.579. The number of fused-ring (bicyclic) bond motifs is 1. The van der Waals surface area contributed by atoms with Crippen molar-refractivity contribution in [2.24, 2.45) is 0 Å². The van der Waals surface area contributed by atoms with Gasteiger partial charge in [0.2, 0.25) is 16.1 Å². The predicted molar refractivity (Wildman–Crippen MR) is 108 cm³/mol. The molecule has 2 heterocycles. The summed E-state index contributed by atoms with van der Waals surface area (Å²) in [4.78, 5) is 13.4. The van der Waals surface area contributed by atoms with Crippen molar-refractivity contribution in [2.45, 2.75) is 17.2 Å². The molecule has 0 spiro atoms. The van der Waals surface area contributed by atoms with E-state index in [9.17, 15) is 26.4 Å². The molecule has 0 saturated carbocycles. The van der Waals surface area contributed by atoms with Crippen LogP contribution in [-0.2, 0) is 21.0 Å². The molecule has 1 atom stereocenters. The van der Waals surface area contributed by atoms with Gasteiger partial charge in [0.1, 0.15) is 6.61 Å². The molecule has 32 heavy (non-hydrogen) atoms. The quantitative estimate of drug-likeness (QED) is 0.661. The third kappa shape index (κ3) is 4.37. The minimum Gasteiger partial charge on any atom is -0.485 e. The molecular formula is C20H18ClF3N2O5S. The minimum absolute atomic E-state index is 0.00801. The maximum Gasteiger partial charge on any atom is 0.417 e. The fraction of sp³-hybridized carbons (Fsp3) is 0.350. The molecule has 2 aromatic rings. The van der Waals surface area contributed by atoms with Gasteiger partial charge in [-0.15, -0.1) is 0 Å². The number of carbonyl (C=O) groups excluding carboxylic acids is 1. The summed E-state index contributed by atoms with van der Waals surface area (Å²) in [6.45, 7) is -0.284. The molecule has 0 N–H and O–H groups in total. The van der Waals surface area contributed by atoms with Crippen LogP contribution < -0.4 is 9.47 Å². The van der Waals surface area contributed by atoms with E-state index in [2.05, 4.69) is 0 Å². The lowest BCUT2D eigenvalue weighted by molar-refractivity contribution is -0.142. The number of piperazine rings is 1. The van der Waals surface area contributed by atoms with E-state index in [0.29, 0.717) is 17.6 Å². The first-order chi connectivity index (χ1) is 15.1. The molecule has 1 amide bonds. The number of sulfonamides is 1. The Labute approximate surface area is 187 Å². The molecule has 0 unspecified atom stereocenters. The first-order valence-corrected chi connectivity index (χ1v) is 11.4. The lowest BCUT2D eigenvalue weighted by Gasteiger charge is -2.36. The number of para-hydroxylation sites is 2. The summed E-state index contributed by atoms with van der Waals surface area (Å²) in [5.41, 5.74) is -1.32.